The Morgan fingerprint density at radius 1 is 1.47 bits per heavy atom. The number of amides is 1. The minimum atomic E-state index is -0.938. The van der Waals surface area contributed by atoms with Gasteiger partial charge in [0.05, 0.1) is 6.04 Å². The molecule has 3 N–H and O–H groups in total. The van der Waals surface area contributed by atoms with Crippen LogP contribution in [0.1, 0.15) is 12.0 Å². The van der Waals surface area contributed by atoms with Crippen molar-refractivity contribution in [2.75, 3.05) is 0 Å². The first-order valence-corrected chi connectivity index (χ1v) is 5.12. The van der Waals surface area contributed by atoms with Gasteiger partial charge in [-0.3, -0.25) is 4.79 Å². The van der Waals surface area contributed by atoms with Gasteiger partial charge in [-0.1, -0.05) is 12.1 Å². The first-order chi connectivity index (χ1) is 8.04. The fourth-order valence-corrected chi connectivity index (χ4v) is 1.26. The number of hydrogen-bond acceptors (Lipinski definition) is 2. The molecule has 0 saturated heterocycles. The van der Waals surface area contributed by atoms with Crippen LogP contribution in [0.4, 0.5) is 8.78 Å². The summed E-state index contributed by atoms with van der Waals surface area (Å²) in [5.41, 5.74) is 6.00. The smallest absolute Gasteiger partial charge is 0.237 e. The van der Waals surface area contributed by atoms with Gasteiger partial charge in [0.1, 0.15) is 0 Å². The lowest BCUT2D eigenvalue weighted by Gasteiger charge is -2.10. The second-order valence-electron chi connectivity index (χ2n) is 3.60. The Balaban J connectivity index is 2.52. The third-order valence-electron chi connectivity index (χ3n) is 2.21. The molecule has 0 fully saturated rings. The van der Waals surface area contributed by atoms with Gasteiger partial charge in [-0.15, -0.1) is 6.58 Å². The SMILES string of the molecule is C=CCC(N)C(=O)NCc1ccc(F)c(F)c1. The standard InChI is InChI=1S/C12H14F2N2O/c1-2-3-11(15)12(17)16-7-8-4-5-9(13)10(14)6-8/h2,4-6,11H,1,3,7,15H2,(H,16,17). The van der Waals surface area contributed by atoms with E-state index in [-0.39, 0.29) is 12.5 Å². The van der Waals surface area contributed by atoms with Crippen LogP contribution in [-0.4, -0.2) is 11.9 Å². The summed E-state index contributed by atoms with van der Waals surface area (Å²) >= 11 is 0. The number of hydrogen-bond donors (Lipinski definition) is 2. The van der Waals surface area contributed by atoms with Gasteiger partial charge in [-0.05, 0) is 24.1 Å². The summed E-state index contributed by atoms with van der Waals surface area (Å²) in [5.74, 6) is -2.20. The van der Waals surface area contributed by atoms with Crippen LogP contribution in [0.15, 0.2) is 30.9 Å². The molecule has 5 heteroatoms. The van der Waals surface area contributed by atoms with E-state index in [0.717, 1.165) is 12.1 Å². The van der Waals surface area contributed by atoms with Gasteiger partial charge >= 0.3 is 0 Å². The maximum atomic E-state index is 12.9. The lowest BCUT2D eigenvalue weighted by atomic mass is 10.2. The van der Waals surface area contributed by atoms with Crippen molar-refractivity contribution in [3.05, 3.63) is 48.1 Å². The Kier molecular flexibility index (Phi) is 4.78. The van der Waals surface area contributed by atoms with Crippen LogP contribution < -0.4 is 11.1 Å². The van der Waals surface area contributed by atoms with Gasteiger partial charge in [0.25, 0.3) is 0 Å². The highest BCUT2D eigenvalue weighted by molar-refractivity contribution is 5.81. The summed E-state index contributed by atoms with van der Waals surface area (Å²) in [6, 6.07) is 2.78. The molecule has 92 valence electrons. The molecule has 1 rings (SSSR count). The highest BCUT2D eigenvalue weighted by Crippen LogP contribution is 2.08. The molecule has 0 aliphatic rings. The molecule has 3 nitrogen and oxygen atoms in total. The number of benzene rings is 1. The summed E-state index contributed by atoms with van der Waals surface area (Å²) in [7, 11) is 0. The van der Waals surface area contributed by atoms with Gasteiger partial charge in [0.2, 0.25) is 5.91 Å². The average molecular weight is 240 g/mol. The highest BCUT2D eigenvalue weighted by Gasteiger charge is 2.11. The molecule has 1 atom stereocenters. The minimum Gasteiger partial charge on any atom is -0.351 e. The van der Waals surface area contributed by atoms with E-state index in [1.54, 1.807) is 6.08 Å². The predicted molar refractivity (Wildman–Crippen MR) is 61.0 cm³/mol. The molecule has 0 aromatic heterocycles. The number of carbonyl (C=O) groups excluding carboxylic acids is 1. The summed E-state index contributed by atoms with van der Waals surface area (Å²) in [6.45, 7) is 3.58. The molecule has 1 unspecified atom stereocenters. The van der Waals surface area contributed by atoms with Crippen LogP contribution in [0, 0.1) is 11.6 Å². The first-order valence-electron chi connectivity index (χ1n) is 5.12. The largest absolute Gasteiger partial charge is 0.351 e. The van der Waals surface area contributed by atoms with Crippen LogP contribution in [0.5, 0.6) is 0 Å². The fourth-order valence-electron chi connectivity index (χ4n) is 1.26. The van der Waals surface area contributed by atoms with E-state index in [1.807, 2.05) is 0 Å². The minimum absolute atomic E-state index is 0.112. The second-order valence-corrected chi connectivity index (χ2v) is 3.60. The molecule has 0 aliphatic heterocycles. The number of nitrogens with one attached hydrogen (secondary N) is 1. The Hall–Kier alpha value is -1.75. The van der Waals surface area contributed by atoms with E-state index >= 15 is 0 Å². The molecule has 1 amide bonds. The monoisotopic (exact) mass is 240 g/mol. The Labute approximate surface area is 98.3 Å². The number of halogens is 2. The molecule has 0 saturated carbocycles. The van der Waals surface area contributed by atoms with Crippen molar-refractivity contribution < 1.29 is 13.6 Å². The summed E-state index contributed by atoms with van der Waals surface area (Å²) in [5, 5.41) is 2.53. The number of rotatable bonds is 5. The van der Waals surface area contributed by atoms with E-state index < -0.39 is 17.7 Å². The van der Waals surface area contributed by atoms with Gasteiger partial charge < -0.3 is 11.1 Å². The zero-order valence-electron chi connectivity index (χ0n) is 9.25. The van der Waals surface area contributed by atoms with Crippen molar-refractivity contribution in [2.24, 2.45) is 5.73 Å². The van der Waals surface area contributed by atoms with Crippen LogP contribution >= 0.6 is 0 Å². The Morgan fingerprint density at radius 3 is 2.76 bits per heavy atom. The van der Waals surface area contributed by atoms with Gasteiger partial charge in [0.15, 0.2) is 11.6 Å². The van der Waals surface area contributed by atoms with Gasteiger partial charge in [-0.25, -0.2) is 8.78 Å². The third-order valence-corrected chi connectivity index (χ3v) is 2.21. The maximum absolute atomic E-state index is 12.9. The molecule has 0 radical (unpaired) electrons. The lowest BCUT2D eigenvalue weighted by Crippen LogP contribution is -2.39. The quantitative estimate of drug-likeness (QED) is 0.766. The predicted octanol–water partition coefficient (Wildman–Crippen LogP) is 1.48. The lowest BCUT2D eigenvalue weighted by molar-refractivity contribution is -0.122. The van der Waals surface area contributed by atoms with E-state index in [4.69, 9.17) is 5.73 Å². The summed E-state index contributed by atoms with van der Waals surface area (Å²) < 4.78 is 25.5. The fraction of sp³-hybridized carbons (Fsp3) is 0.250. The Morgan fingerprint density at radius 2 is 2.18 bits per heavy atom. The molecular formula is C12H14F2N2O. The third kappa shape index (κ3) is 3.96. The van der Waals surface area contributed by atoms with Crippen LogP contribution in [0.3, 0.4) is 0 Å². The van der Waals surface area contributed by atoms with Crippen molar-refractivity contribution in [3.8, 4) is 0 Å². The second kappa shape index (κ2) is 6.10. The number of nitrogens with two attached hydrogens (primary N) is 1. The van der Waals surface area contributed by atoms with Crippen molar-refractivity contribution >= 4 is 5.91 Å². The summed E-state index contributed by atoms with van der Waals surface area (Å²) in [6.07, 6.45) is 1.91. The van der Waals surface area contributed by atoms with Gasteiger partial charge in [-0.2, -0.15) is 0 Å². The van der Waals surface area contributed by atoms with Crippen molar-refractivity contribution in [1.82, 2.24) is 5.32 Å². The van der Waals surface area contributed by atoms with Crippen molar-refractivity contribution in [3.63, 3.8) is 0 Å². The van der Waals surface area contributed by atoms with Crippen molar-refractivity contribution in [1.29, 1.82) is 0 Å². The highest BCUT2D eigenvalue weighted by atomic mass is 19.2. The molecule has 1 aromatic carbocycles. The molecule has 0 bridgehead atoms. The molecule has 0 spiro atoms. The van der Waals surface area contributed by atoms with E-state index in [2.05, 4.69) is 11.9 Å². The molecule has 1 aromatic rings. The van der Waals surface area contributed by atoms with Gasteiger partial charge in [0, 0.05) is 6.54 Å². The molecule has 17 heavy (non-hydrogen) atoms. The first kappa shape index (κ1) is 13.3. The molecule has 0 heterocycles. The van der Waals surface area contributed by atoms with Crippen LogP contribution in [-0.2, 0) is 11.3 Å². The molecular weight excluding hydrogens is 226 g/mol. The Bertz CT molecular complexity index is 421. The zero-order valence-corrected chi connectivity index (χ0v) is 9.25. The zero-order chi connectivity index (χ0) is 12.8. The average Bonchev–Trinajstić information content (AvgIpc) is 2.30. The van der Waals surface area contributed by atoms with Crippen molar-refractivity contribution in [2.45, 2.75) is 19.0 Å². The van der Waals surface area contributed by atoms with E-state index in [9.17, 15) is 13.6 Å². The van der Waals surface area contributed by atoms with E-state index in [0.29, 0.717) is 12.0 Å². The summed E-state index contributed by atoms with van der Waals surface area (Å²) in [4.78, 5) is 11.4. The molecule has 0 aliphatic carbocycles. The van der Waals surface area contributed by atoms with E-state index in [1.165, 1.54) is 6.07 Å². The topological polar surface area (TPSA) is 55.1 Å². The normalized spacial score (nSPS) is 11.9. The maximum Gasteiger partial charge on any atom is 0.237 e. The van der Waals surface area contributed by atoms with Crippen LogP contribution in [0.25, 0.3) is 0 Å². The number of carbonyl (C=O) groups is 1. The van der Waals surface area contributed by atoms with Crippen LogP contribution in [0.2, 0.25) is 0 Å².